The highest BCUT2D eigenvalue weighted by Crippen LogP contribution is 2.16. The van der Waals surface area contributed by atoms with Gasteiger partial charge in [-0.05, 0) is 59.0 Å². The van der Waals surface area contributed by atoms with E-state index in [1.54, 1.807) is 12.1 Å². The Bertz CT molecular complexity index is 617. The second-order valence-corrected chi connectivity index (χ2v) is 5.16. The molecule has 2 aromatic rings. The van der Waals surface area contributed by atoms with E-state index >= 15 is 0 Å². The van der Waals surface area contributed by atoms with Gasteiger partial charge in [0.05, 0.1) is 5.69 Å². The summed E-state index contributed by atoms with van der Waals surface area (Å²) in [6.45, 7) is -0.253. The van der Waals surface area contributed by atoms with Crippen molar-refractivity contribution in [2.24, 2.45) is 0 Å². The maximum atomic E-state index is 13.3. The summed E-state index contributed by atoms with van der Waals surface area (Å²) < 4.78 is 32.3. The number of hydrogen-bond donors (Lipinski definition) is 1. The van der Waals surface area contributed by atoms with Gasteiger partial charge in [-0.25, -0.2) is 8.78 Å². The number of halogens is 3. The molecule has 0 saturated carbocycles. The highest BCUT2D eigenvalue weighted by Gasteiger charge is 2.08. The van der Waals surface area contributed by atoms with Crippen LogP contribution in [0.25, 0.3) is 0 Å². The zero-order chi connectivity index (χ0) is 14.5. The fraction of sp³-hybridized carbons (Fsp3) is 0.0714. The van der Waals surface area contributed by atoms with Crippen molar-refractivity contribution in [1.29, 1.82) is 0 Å². The van der Waals surface area contributed by atoms with Crippen molar-refractivity contribution in [2.75, 3.05) is 11.9 Å². The van der Waals surface area contributed by atoms with Crippen LogP contribution in [0.2, 0.25) is 0 Å². The summed E-state index contributed by atoms with van der Waals surface area (Å²) in [5, 5.41) is 2.31. The summed E-state index contributed by atoms with van der Waals surface area (Å²) in [5.74, 6) is -1.50. The summed E-state index contributed by atoms with van der Waals surface area (Å²) in [6.07, 6.45) is 0. The summed E-state index contributed by atoms with van der Waals surface area (Å²) in [6, 6.07) is 10.1. The van der Waals surface area contributed by atoms with Crippen LogP contribution < -0.4 is 10.1 Å². The van der Waals surface area contributed by atoms with Gasteiger partial charge in [0, 0.05) is 9.64 Å². The van der Waals surface area contributed by atoms with Crippen LogP contribution in [-0.2, 0) is 4.79 Å². The van der Waals surface area contributed by atoms with Gasteiger partial charge in [0.2, 0.25) is 0 Å². The molecular formula is C14H10F2INO2. The largest absolute Gasteiger partial charge is 0.484 e. The number of rotatable bonds is 4. The fourth-order valence-corrected chi connectivity index (χ4v) is 1.82. The molecule has 0 fully saturated rings. The third kappa shape index (κ3) is 4.16. The van der Waals surface area contributed by atoms with E-state index in [0.717, 1.165) is 15.7 Å². The number of ether oxygens (including phenoxy) is 1. The minimum atomic E-state index is -0.826. The van der Waals surface area contributed by atoms with Gasteiger partial charge in [-0.2, -0.15) is 0 Å². The average Bonchev–Trinajstić information content (AvgIpc) is 2.41. The van der Waals surface area contributed by atoms with E-state index in [-0.39, 0.29) is 12.3 Å². The first-order chi connectivity index (χ1) is 9.54. The zero-order valence-electron chi connectivity index (χ0n) is 10.2. The van der Waals surface area contributed by atoms with Crippen LogP contribution in [-0.4, -0.2) is 12.5 Å². The van der Waals surface area contributed by atoms with E-state index < -0.39 is 17.5 Å². The van der Waals surface area contributed by atoms with Crippen LogP contribution >= 0.6 is 22.6 Å². The Kier molecular flexibility index (Phi) is 4.89. The van der Waals surface area contributed by atoms with Gasteiger partial charge < -0.3 is 10.1 Å². The zero-order valence-corrected chi connectivity index (χ0v) is 12.4. The minimum absolute atomic E-state index is 0.0809. The van der Waals surface area contributed by atoms with Gasteiger partial charge >= 0.3 is 0 Å². The first-order valence-corrected chi connectivity index (χ1v) is 6.76. The Labute approximate surface area is 128 Å². The molecular weight excluding hydrogens is 379 g/mol. The predicted molar refractivity (Wildman–Crippen MR) is 79.6 cm³/mol. The van der Waals surface area contributed by atoms with Crippen molar-refractivity contribution in [2.45, 2.75) is 0 Å². The van der Waals surface area contributed by atoms with Gasteiger partial charge in [0.15, 0.2) is 6.61 Å². The molecule has 0 unspecified atom stereocenters. The molecule has 0 radical (unpaired) electrons. The molecule has 0 atom stereocenters. The van der Waals surface area contributed by atoms with Crippen molar-refractivity contribution in [3.63, 3.8) is 0 Å². The smallest absolute Gasteiger partial charge is 0.262 e. The quantitative estimate of drug-likeness (QED) is 0.812. The van der Waals surface area contributed by atoms with E-state index in [4.69, 9.17) is 4.74 Å². The molecule has 0 aliphatic rings. The minimum Gasteiger partial charge on any atom is -0.484 e. The molecule has 6 heteroatoms. The first kappa shape index (κ1) is 14.7. The molecule has 104 valence electrons. The number of carbonyl (C=O) groups excluding carboxylic acids is 1. The first-order valence-electron chi connectivity index (χ1n) is 5.68. The number of anilines is 1. The lowest BCUT2D eigenvalue weighted by Gasteiger charge is -2.08. The van der Waals surface area contributed by atoms with Crippen LogP contribution in [0.5, 0.6) is 5.75 Å². The molecule has 0 saturated heterocycles. The standard InChI is InChI=1S/C14H10F2INO2/c15-9-1-6-13(12(16)7-9)18-14(19)8-20-11-4-2-10(17)3-5-11/h1-7H,8H2,(H,18,19). The SMILES string of the molecule is O=C(COc1ccc(I)cc1)Nc1ccc(F)cc1F. The molecule has 0 bridgehead atoms. The van der Waals surface area contributed by atoms with Crippen LogP contribution in [0.4, 0.5) is 14.5 Å². The highest BCUT2D eigenvalue weighted by molar-refractivity contribution is 14.1. The van der Waals surface area contributed by atoms with Crippen molar-refractivity contribution in [3.05, 3.63) is 57.7 Å². The van der Waals surface area contributed by atoms with Crippen molar-refractivity contribution in [3.8, 4) is 5.75 Å². The van der Waals surface area contributed by atoms with Gasteiger partial charge in [-0.3, -0.25) is 4.79 Å². The van der Waals surface area contributed by atoms with Crippen molar-refractivity contribution >= 4 is 34.2 Å². The normalized spacial score (nSPS) is 10.2. The molecule has 20 heavy (non-hydrogen) atoms. The Morgan fingerprint density at radius 3 is 2.50 bits per heavy atom. The molecule has 2 aromatic carbocycles. The maximum Gasteiger partial charge on any atom is 0.262 e. The van der Waals surface area contributed by atoms with Gasteiger partial charge in [0.25, 0.3) is 5.91 Å². The van der Waals surface area contributed by atoms with Gasteiger partial charge in [-0.1, -0.05) is 0 Å². The second kappa shape index (κ2) is 6.65. The van der Waals surface area contributed by atoms with E-state index in [1.165, 1.54) is 0 Å². The average molecular weight is 389 g/mol. The molecule has 1 amide bonds. The van der Waals surface area contributed by atoms with Crippen LogP contribution in [0.1, 0.15) is 0 Å². The fourth-order valence-electron chi connectivity index (χ4n) is 1.46. The summed E-state index contributed by atoms with van der Waals surface area (Å²) in [5.41, 5.74) is -0.0809. The van der Waals surface area contributed by atoms with Gasteiger partial charge in [-0.15, -0.1) is 0 Å². The summed E-state index contributed by atoms with van der Waals surface area (Å²) in [7, 11) is 0. The Morgan fingerprint density at radius 2 is 1.85 bits per heavy atom. The van der Waals surface area contributed by atoms with Crippen LogP contribution in [0.3, 0.4) is 0 Å². The molecule has 1 N–H and O–H groups in total. The Morgan fingerprint density at radius 1 is 1.15 bits per heavy atom. The van der Waals surface area contributed by atoms with Crippen LogP contribution in [0, 0.1) is 15.2 Å². The lowest BCUT2D eigenvalue weighted by Crippen LogP contribution is -2.20. The third-order valence-electron chi connectivity index (χ3n) is 2.39. The summed E-state index contributed by atoms with van der Waals surface area (Å²) >= 11 is 2.15. The van der Waals surface area contributed by atoms with Crippen molar-refractivity contribution < 1.29 is 18.3 Å². The lowest BCUT2D eigenvalue weighted by molar-refractivity contribution is -0.118. The number of amides is 1. The monoisotopic (exact) mass is 389 g/mol. The van der Waals surface area contributed by atoms with E-state index in [0.29, 0.717) is 11.8 Å². The molecule has 2 rings (SSSR count). The van der Waals surface area contributed by atoms with E-state index in [1.807, 2.05) is 12.1 Å². The number of benzene rings is 2. The Hall–Kier alpha value is -1.70. The molecule has 0 spiro atoms. The third-order valence-corrected chi connectivity index (χ3v) is 3.11. The Balaban J connectivity index is 1.90. The maximum absolute atomic E-state index is 13.3. The van der Waals surface area contributed by atoms with E-state index in [9.17, 15) is 13.6 Å². The summed E-state index contributed by atoms with van der Waals surface area (Å²) in [4.78, 5) is 11.6. The van der Waals surface area contributed by atoms with E-state index in [2.05, 4.69) is 27.9 Å². The lowest BCUT2D eigenvalue weighted by atomic mass is 10.3. The predicted octanol–water partition coefficient (Wildman–Crippen LogP) is 3.59. The highest BCUT2D eigenvalue weighted by atomic mass is 127. The number of nitrogens with one attached hydrogen (secondary N) is 1. The number of carbonyl (C=O) groups is 1. The molecule has 3 nitrogen and oxygen atoms in total. The molecule has 0 heterocycles. The second-order valence-electron chi connectivity index (χ2n) is 3.91. The number of hydrogen-bond acceptors (Lipinski definition) is 2. The molecule has 0 aliphatic carbocycles. The van der Waals surface area contributed by atoms with Crippen LogP contribution in [0.15, 0.2) is 42.5 Å². The van der Waals surface area contributed by atoms with Crippen molar-refractivity contribution in [1.82, 2.24) is 0 Å². The molecule has 0 aromatic heterocycles. The van der Waals surface area contributed by atoms with Gasteiger partial charge in [0.1, 0.15) is 17.4 Å². The topological polar surface area (TPSA) is 38.3 Å². The molecule has 0 aliphatic heterocycles.